The van der Waals surface area contributed by atoms with Crippen LogP contribution in [0.2, 0.25) is 0 Å². The van der Waals surface area contributed by atoms with Gasteiger partial charge < -0.3 is 16.2 Å². The molecule has 0 aromatic heterocycles. The average molecular weight is 302 g/mol. The molecule has 1 atom stereocenters. The minimum Gasteiger partial charge on any atom is -0.399 e. The molecule has 1 unspecified atom stereocenters. The second-order valence-electron chi connectivity index (χ2n) is 4.59. The molecule has 2 rings (SSSR count). The summed E-state index contributed by atoms with van der Waals surface area (Å²) >= 11 is 1.47. The molecule has 0 aliphatic heterocycles. The molecule has 4 nitrogen and oxygen atoms in total. The van der Waals surface area contributed by atoms with Crippen molar-refractivity contribution in [1.82, 2.24) is 5.32 Å². The van der Waals surface area contributed by atoms with E-state index in [1.165, 1.54) is 11.8 Å². The largest absolute Gasteiger partial charge is 0.399 e. The molecule has 21 heavy (non-hydrogen) atoms. The van der Waals surface area contributed by atoms with Crippen molar-refractivity contribution < 1.29 is 9.90 Å². The summed E-state index contributed by atoms with van der Waals surface area (Å²) in [6.07, 6.45) is -0.726. The summed E-state index contributed by atoms with van der Waals surface area (Å²) in [6, 6.07) is 16.7. The Morgan fingerprint density at radius 1 is 1.14 bits per heavy atom. The van der Waals surface area contributed by atoms with Crippen LogP contribution < -0.4 is 11.1 Å². The summed E-state index contributed by atoms with van der Waals surface area (Å²) in [5, 5.41) is 12.7. The van der Waals surface area contributed by atoms with Crippen molar-refractivity contribution in [2.75, 3.05) is 18.0 Å². The van der Waals surface area contributed by atoms with Crippen LogP contribution in [0.3, 0.4) is 0 Å². The molecule has 0 spiro atoms. The number of rotatable bonds is 6. The summed E-state index contributed by atoms with van der Waals surface area (Å²) in [6.45, 7) is 0.193. The maximum Gasteiger partial charge on any atom is 0.230 e. The van der Waals surface area contributed by atoms with Crippen molar-refractivity contribution in [1.29, 1.82) is 0 Å². The SMILES string of the molecule is Nc1ccc(C(O)CNC(=O)CSc2ccccc2)cc1. The van der Waals surface area contributed by atoms with Gasteiger partial charge in [-0.15, -0.1) is 11.8 Å². The standard InChI is InChI=1S/C16H18N2O2S/c17-13-8-6-12(7-9-13)15(19)10-18-16(20)11-21-14-4-2-1-3-5-14/h1-9,15,19H,10-11,17H2,(H,18,20). The normalized spacial score (nSPS) is 11.9. The number of carbonyl (C=O) groups excluding carboxylic acids is 1. The first-order valence-electron chi connectivity index (χ1n) is 6.63. The smallest absolute Gasteiger partial charge is 0.230 e. The van der Waals surface area contributed by atoms with Gasteiger partial charge in [0.2, 0.25) is 5.91 Å². The van der Waals surface area contributed by atoms with Crippen LogP contribution in [-0.2, 0) is 4.79 Å². The number of hydrogen-bond acceptors (Lipinski definition) is 4. The van der Waals surface area contributed by atoms with Crippen molar-refractivity contribution in [2.45, 2.75) is 11.0 Å². The van der Waals surface area contributed by atoms with Crippen LogP contribution in [0.15, 0.2) is 59.5 Å². The molecule has 2 aromatic carbocycles. The van der Waals surface area contributed by atoms with E-state index in [1.54, 1.807) is 24.3 Å². The van der Waals surface area contributed by atoms with Crippen molar-refractivity contribution in [3.63, 3.8) is 0 Å². The summed E-state index contributed by atoms with van der Waals surface area (Å²) in [4.78, 5) is 12.8. The zero-order valence-electron chi connectivity index (χ0n) is 11.5. The van der Waals surface area contributed by atoms with Crippen LogP contribution in [0, 0.1) is 0 Å². The van der Waals surface area contributed by atoms with E-state index in [9.17, 15) is 9.90 Å². The Balaban J connectivity index is 1.74. The lowest BCUT2D eigenvalue weighted by molar-refractivity contribution is -0.119. The highest BCUT2D eigenvalue weighted by Crippen LogP contribution is 2.17. The van der Waals surface area contributed by atoms with E-state index in [2.05, 4.69) is 5.32 Å². The first-order chi connectivity index (χ1) is 10.1. The van der Waals surface area contributed by atoms with Gasteiger partial charge in [0.05, 0.1) is 11.9 Å². The number of hydrogen-bond donors (Lipinski definition) is 3. The van der Waals surface area contributed by atoms with Crippen LogP contribution in [0.25, 0.3) is 0 Å². The molecular weight excluding hydrogens is 284 g/mol. The number of carbonyl (C=O) groups is 1. The zero-order valence-corrected chi connectivity index (χ0v) is 12.3. The van der Waals surface area contributed by atoms with E-state index in [-0.39, 0.29) is 12.5 Å². The lowest BCUT2D eigenvalue weighted by atomic mass is 10.1. The number of anilines is 1. The monoisotopic (exact) mass is 302 g/mol. The molecule has 0 saturated carbocycles. The molecule has 1 amide bonds. The second-order valence-corrected chi connectivity index (χ2v) is 5.64. The van der Waals surface area contributed by atoms with Gasteiger partial charge in [0.1, 0.15) is 0 Å². The summed E-state index contributed by atoms with van der Waals surface area (Å²) < 4.78 is 0. The maximum atomic E-state index is 11.7. The van der Waals surface area contributed by atoms with Gasteiger partial charge in [-0.2, -0.15) is 0 Å². The number of thioether (sulfide) groups is 1. The van der Waals surface area contributed by atoms with E-state index < -0.39 is 6.10 Å². The second kappa shape index (κ2) is 7.71. The summed E-state index contributed by atoms with van der Waals surface area (Å²) in [7, 11) is 0. The van der Waals surface area contributed by atoms with Crippen LogP contribution in [0.4, 0.5) is 5.69 Å². The summed E-state index contributed by atoms with van der Waals surface area (Å²) in [5.74, 6) is 0.233. The number of aliphatic hydroxyl groups excluding tert-OH is 1. The molecule has 0 saturated heterocycles. The van der Waals surface area contributed by atoms with E-state index in [1.807, 2.05) is 30.3 Å². The van der Waals surface area contributed by atoms with Crippen molar-refractivity contribution in [2.24, 2.45) is 0 Å². The number of benzene rings is 2. The summed E-state index contributed by atoms with van der Waals surface area (Å²) in [5.41, 5.74) is 6.97. The van der Waals surface area contributed by atoms with Gasteiger partial charge in [0, 0.05) is 17.1 Å². The van der Waals surface area contributed by atoms with Crippen molar-refractivity contribution >= 4 is 23.4 Å². The molecule has 0 fully saturated rings. The van der Waals surface area contributed by atoms with Gasteiger partial charge in [-0.1, -0.05) is 30.3 Å². The highest BCUT2D eigenvalue weighted by Gasteiger charge is 2.09. The molecule has 0 bridgehead atoms. The van der Waals surface area contributed by atoms with Crippen LogP contribution in [-0.4, -0.2) is 23.3 Å². The number of amides is 1. The third-order valence-electron chi connectivity index (χ3n) is 2.93. The highest BCUT2D eigenvalue weighted by molar-refractivity contribution is 8.00. The first-order valence-corrected chi connectivity index (χ1v) is 7.62. The Kier molecular flexibility index (Phi) is 5.66. The third-order valence-corrected chi connectivity index (χ3v) is 3.94. The van der Waals surface area contributed by atoms with Gasteiger partial charge in [0.15, 0.2) is 0 Å². The molecule has 0 aliphatic rings. The maximum absolute atomic E-state index is 11.7. The minimum atomic E-state index is -0.726. The topological polar surface area (TPSA) is 75.3 Å². The lowest BCUT2D eigenvalue weighted by Crippen LogP contribution is -2.29. The van der Waals surface area contributed by atoms with Gasteiger partial charge in [-0.3, -0.25) is 4.79 Å². The van der Waals surface area contributed by atoms with E-state index in [0.717, 1.165) is 10.5 Å². The fourth-order valence-electron chi connectivity index (χ4n) is 1.76. The number of nitrogen functional groups attached to an aromatic ring is 1. The molecule has 0 radical (unpaired) electrons. The Labute approximate surface area is 128 Å². The van der Waals surface area contributed by atoms with Gasteiger partial charge in [-0.05, 0) is 29.8 Å². The zero-order chi connectivity index (χ0) is 15.1. The van der Waals surface area contributed by atoms with Crippen LogP contribution in [0.5, 0.6) is 0 Å². The number of nitrogens with two attached hydrogens (primary N) is 1. The molecule has 110 valence electrons. The Bertz CT molecular complexity index is 573. The predicted octanol–water partition coefficient (Wildman–Crippen LogP) is 2.21. The van der Waals surface area contributed by atoms with Gasteiger partial charge in [0.25, 0.3) is 0 Å². The first kappa shape index (κ1) is 15.4. The molecule has 0 aliphatic carbocycles. The molecule has 0 heterocycles. The van der Waals surface area contributed by atoms with Crippen molar-refractivity contribution in [3.05, 3.63) is 60.2 Å². The van der Waals surface area contributed by atoms with Crippen LogP contribution >= 0.6 is 11.8 Å². The lowest BCUT2D eigenvalue weighted by Gasteiger charge is -2.12. The fraction of sp³-hybridized carbons (Fsp3) is 0.188. The average Bonchev–Trinajstić information content (AvgIpc) is 2.52. The number of nitrogens with one attached hydrogen (secondary N) is 1. The van der Waals surface area contributed by atoms with Crippen molar-refractivity contribution in [3.8, 4) is 0 Å². The minimum absolute atomic E-state index is 0.0988. The molecular formula is C16H18N2O2S. The molecule has 5 heteroatoms. The number of aliphatic hydroxyl groups is 1. The molecule has 4 N–H and O–H groups in total. The predicted molar refractivity (Wildman–Crippen MR) is 86.0 cm³/mol. The van der Waals surface area contributed by atoms with Gasteiger partial charge in [-0.25, -0.2) is 0 Å². The van der Waals surface area contributed by atoms with E-state index in [0.29, 0.717) is 11.4 Å². The molecule has 2 aromatic rings. The van der Waals surface area contributed by atoms with E-state index in [4.69, 9.17) is 5.73 Å². The highest BCUT2D eigenvalue weighted by atomic mass is 32.2. The fourth-order valence-corrected chi connectivity index (χ4v) is 2.51. The van der Waals surface area contributed by atoms with Crippen LogP contribution in [0.1, 0.15) is 11.7 Å². The Morgan fingerprint density at radius 2 is 1.81 bits per heavy atom. The Morgan fingerprint density at radius 3 is 2.48 bits per heavy atom. The van der Waals surface area contributed by atoms with E-state index >= 15 is 0 Å². The quantitative estimate of drug-likeness (QED) is 0.565. The van der Waals surface area contributed by atoms with Gasteiger partial charge >= 0.3 is 0 Å². The Hall–Kier alpha value is -1.98. The third kappa shape index (κ3) is 5.13.